The highest BCUT2D eigenvalue weighted by Gasteiger charge is 2.16. The van der Waals surface area contributed by atoms with Gasteiger partial charge in [-0.1, -0.05) is 6.08 Å². The maximum Gasteiger partial charge on any atom is 0.136 e. The highest BCUT2D eigenvalue weighted by atomic mass is 16.4. The lowest BCUT2D eigenvalue weighted by atomic mass is 9.94. The highest BCUT2D eigenvalue weighted by Crippen LogP contribution is 2.29. The van der Waals surface area contributed by atoms with Gasteiger partial charge in [0.1, 0.15) is 11.9 Å². The van der Waals surface area contributed by atoms with E-state index >= 15 is 0 Å². The van der Waals surface area contributed by atoms with Crippen LogP contribution in [0.4, 0.5) is 0 Å². The second-order valence-electron chi connectivity index (χ2n) is 3.44. The van der Waals surface area contributed by atoms with Gasteiger partial charge < -0.3 is 9.52 Å². The van der Waals surface area contributed by atoms with Crippen molar-refractivity contribution < 1.29 is 9.52 Å². The summed E-state index contributed by atoms with van der Waals surface area (Å²) in [7, 11) is 0. The lowest BCUT2D eigenvalue weighted by Gasteiger charge is -2.16. The van der Waals surface area contributed by atoms with E-state index in [1.807, 2.05) is 12.1 Å². The van der Waals surface area contributed by atoms with Gasteiger partial charge in [-0.05, 0) is 43.4 Å². The Morgan fingerprint density at radius 3 is 2.92 bits per heavy atom. The van der Waals surface area contributed by atoms with Crippen molar-refractivity contribution in [3.05, 3.63) is 35.8 Å². The van der Waals surface area contributed by atoms with Crippen LogP contribution in [0.25, 0.3) is 0 Å². The Balaban J connectivity index is 2.12. The molecule has 0 saturated carbocycles. The van der Waals surface area contributed by atoms with Crippen LogP contribution in [0.3, 0.4) is 0 Å². The van der Waals surface area contributed by atoms with Gasteiger partial charge >= 0.3 is 0 Å². The van der Waals surface area contributed by atoms with Crippen LogP contribution in [0.15, 0.2) is 34.5 Å². The average Bonchev–Trinajstić information content (AvgIpc) is 2.71. The van der Waals surface area contributed by atoms with Crippen LogP contribution in [0.5, 0.6) is 0 Å². The van der Waals surface area contributed by atoms with Gasteiger partial charge in [-0.15, -0.1) is 0 Å². The third kappa shape index (κ3) is 1.83. The monoisotopic (exact) mass is 178 g/mol. The van der Waals surface area contributed by atoms with Crippen LogP contribution in [-0.4, -0.2) is 5.11 Å². The Bertz CT molecular complexity index is 285. The molecule has 2 heteroatoms. The third-order valence-corrected chi connectivity index (χ3v) is 2.49. The molecular weight excluding hydrogens is 164 g/mol. The summed E-state index contributed by atoms with van der Waals surface area (Å²) in [5.41, 5.74) is 1.11. The first kappa shape index (κ1) is 8.57. The molecule has 2 rings (SSSR count). The van der Waals surface area contributed by atoms with Crippen LogP contribution in [0.2, 0.25) is 0 Å². The lowest BCUT2D eigenvalue weighted by Crippen LogP contribution is -2.03. The minimum atomic E-state index is -0.518. The van der Waals surface area contributed by atoms with Crippen LogP contribution in [0.1, 0.15) is 37.5 Å². The molecule has 0 saturated heterocycles. The molecule has 1 heterocycles. The Morgan fingerprint density at radius 1 is 1.38 bits per heavy atom. The van der Waals surface area contributed by atoms with Crippen LogP contribution in [0, 0.1) is 0 Å². The fourth-order valence-corrected chi connectivity index (χ4v) is 1.74. The van der Waals surface area contributed by atoms with Crippen molar-refractivity contribution in [3.8, 4) is 0 Å². The standard InChI is InChI=1S/C11H14O2/c12-11(10-7-4-8-13-10)9-5-2-1-3-6-9/h4-5,7-8,11-12H,1-3,6H2. The average molecular weight is 178 g/mol. The molecule has 0 spiro atoms. The highest BCUT2D eigenvalue weighted by molar-refractivity contribution is 5.19. The maximum absolute atomic E-state index is 9.87. The minimum absolute atomic E-state index is 0.518. The normalized spacial score (nSPS) is 19.6. The SMILES string of the molecule is OC(C1=CCCCC1)c1ccco1. The second-order valence-corrected chi connectivity index (χ2v) is 3.44. The van der Waals surface area contributed by atoms with E-state index in [0.29, 0.717) is 5.76 Å². The topological polar surface area (TPSA) is 33.4 Å². The number of furan rings is 1. The fraction of sp³-hybridized carbons (Fsp3) is 0.455. The molecule has 70 valence electrons. The number of aliphatic hydroxyl groups is 1. The fourth-order valence-electron chi connectivity index (χ4n) is 1.74. The van der Waals surface area contributed by atoms with Crippen molar-refractivity contribution in [1.29, 1.82) is 0 Å². The van der Waals surface area contributed by atoms with E-state index in [1.165, 1.54) is 12.8 Å². The molecule has 1 atom stereocenters. The van der Waals surface area contributed by atoms with Crippen LogP contribution in [-0.2, 0) is 0 Å². The zero-order chi connectivity index (χ0) is 9.10. The number of aliphatic hydroxyl groups excluding tert-OH is 1. The minimum Gasteiger partial charge on any atom is -0.466 e. The van der Waals surface area contributed by atoms with Gasteiger partial charge in [0.25, 0.3) is 0 Å². The second kappa shape index (κ2) is 3.79. The Labute approximate surface area is 77.9 Å². The van der Waals surface area contributed by atoms with Crippen molar-refractivity contribution in [1.82, 2.24) is 0 Å². The summed E-state index contributed by atoms with van der Waals surface area (Å²) in [5, 5.41) is 9.87. The van der Waals surface area contributed by atoms with E-state index in [2.05, 4.69) is 6.08 Å². The van der Waals surface area contributed by atoms with E-state index in [4.69, 9.17) is 4.42 Å². The number of rotatable bonds is 2. The summed E-state index contributed by atoms with van der Waals surface area (Å²) in [4.78, 5) is 0. The first-order valence-electron chi connectivity index (χ1n) is 4.78. The molecule has 1 aromatic rings. The van der Waals surface area contributed by atoms with Gasteiger partial charge in [-0.25, -0.2) is 0 Å². The van der Waals surface area contributed by atoms with Gasteiger partial charge in [-0.2, -0.15) is 0 Å². The molecule has 1 N–H and O–H groups in total. The molecule has 0 bridgehead atoms. The van der Waals surface area contributed by atoms with Crippen LogP contribution >= 0.6 is 0 Å². The largest absolute Gasteiger partial charge is 0.466 e. The van der Waals surface area contributed by atoms with Crippen molar-refractivity contribution in [2.45, 2.75) is 31.8 Å². The first-order chi connectivity index (χ1) is 6.38. The Hall–Kier alpha value is -1.02. The van der Waals surface area contributed by atoms with Gasteiger partial charge in [0.15, 0.2) is 0 Å². The first-order valence-corrected chi connectivity index (χ1v) is 4.78. The molecule has 0 fully saturated rings. The summed E-state index contributed by atoms with van der Waals surface area (Å²) in [5.74, 6) is 0.660. The molecule has 0 radical (unpaired) electrons. The van der Waals surface area contributed by atoms with Gasteiger partial charge in [0.2, 0.25) is 0 Å². The van der Waals surface area contributed by atoms with E-state index in [9.17, 15) is 5.11 Å². The summed E-state index contributed by atoms with van der Waals surface area (Å²) < 4.78 is 5.16. The Morgan fingerprint density at radius 2 is 2.31 bits per heavy atom. The molecule has 1 aliphatic rings. The number of allylic oxidation sites excluding steroid dienone is 1. The lowest BCUT2D eigenvalue weighted by molar-refractivity contribution is 0.178. The molecule has 0 aliphatic heterocycles. The summed E-state index contributed by atoms with van der Waals surface area (Å²) in [6.45, 7) is 0. The molecule has 2 nitrogen and oxygen atoms in total. The van der Waals surface area contributed by atoms with E-state index in [-0.39, 0.29) is 0 Å². The summed E-state index contributed by atoms with van der Waals surface area (Å²) in [6.07, 6.45) is 7.74. The van der Waals surface area contributed by atoms with Crippen molar-refractivity contribution >= 4 is 0 Å². The summed E-state index contributed by atoms with van der Waals surface area (Å²) in [6, 6.07) is 3.63. The van der Waals surface area contributed by atoms with Crippen molar-refractivity contribution in [2.24, 2.45) is 0 Å². The number of hydrogen-bond acceptors (Lipinski definition) is 2. The quantitative estimate of drug-likeness (QED) is 0.706. The summed E-state index contributed by atoms with van der Waals surface area (Å²) >= 11 is 0. The van der Waals surface area contributed by atoms with Crippen molar-refractivity contribution in [2.75, 3.05) is 0 Å². The van der Waals surface area contributed by atoms with Crippen molar-refractivity contribution in [3.63, 3.8) is 0 Å². The van der Waals surface area contributed by atoms with Gasteiger partial charge in [-0.3, -0.25) is 0 Å². The molecule has 1 aliphatic carbocycles. The predicted octanol–water partition coefficient (Wildman–Crippen LogP) is 2.81. The third-order valence-electron chi connectivity index (χ3n) is 2.49. The predicted molar refractivity (Wildman–Crippen MR) is 50.2 cm³/mol. The van der Waals surface area contributed by atoms with Gasteiger partial charge in [0.05, 0.1) is 6.26 Å². The smallest absolute Gasteiger partial charge is 0.136 e. The molecule has 13 heavy (non-hydrogen) atoms. The van der Waals surface area contributed by atoms with Gasteiger partial charge in [0, 0.05) is 0 Å². The van der Waals surface area contributed by atoms with Crippen LogP contribution < -0.4 is 0 Å². The molecular formula is C11H14O2. The number of hydrogen-bond donors (Lipinski definition) is 1. The zero-order valence-electron chi connectivity index (χ0n) is 7.57. The zero-order valence-corrected chi connectivity index (χ0v) is 7.57. The Kier molecular flexibility index (Phi) is 2.50. The molecule has 0 aromatic carbocycles. The van der Waals surface area contributed by atoms with E-state index < -0.39 is 6.10 Å². The molecule has 1 unspecified atom stereocenters. The van der Waals surface area contributed by atoms with E-state index in [0.717, 1.165) is 18.4 Å². The molecule has 0 amide bonds. The maximum atomic E-state index is 9.87. The van der Waals surface area contributed by atoms with E-state index in [1.54, 1.807) is 6.26 Å². The molecule has 1 aromatic heterocycles.